The van der Waals surface area contributed by atoms with Crippen LogP contribution in [0.5, 0.6) is 0 Å². The second-order valence-electron chi connectivity index (χ2n) is 7.59. The summed E-state index contributed by atoms with van der Waals surface area (Å²) in [6.07, 6.45) is 5.03. The molecule has 3 N–H and O–H groups in total. The third-order valence-electron chi connectivity index (χ3n) is 4.46. The van der Waals surface area contributed by atoms with Crippen LogP contribution in [0.1, 0.15) is 63.7 Å². The highest BCUT2D eigenvalue weighted by Crippen LogP contribution is 2.26. The Kier molecular flexibility index (Phi) is 8.10. The molecule has 0 heterocycles. The van der Waals surface area contributed by atoms with Gasteiger partial charge in [0.2, 0.25) is 0 Å². The summed E-state index contributed by atoms with van der Waals surface area (Å²) < 4.78 is 3.60. The molecule has 1 aromatic rings. The molecule has 4 nitrogen and oxygen atoms in total. The Morgan fingerprint density at radius 3 is 2.52 bits per heavy atom. The van der Waals surface area contributed by atoms with Gasteiger partial charge in [-0.15, -0.1) is 0 Å². The van der Waals surface area contributed by atoms with Crippen molar-refractivity contribution in [1.82, 2.24) is 10.0 Å². The smallest absolute Gasteiger partial charge is 0.251 e. The summed E-state index contributed by atoms with van der Waals surface area (Å²) in [5.41, 5.74) is 1.75. The van der Waals surface area contributed by atoms with E-state index in [-0.39, 0.29) is 11.9 Å². The van der Waals surface area contributed by atoms with Gasteiger partial charge in [0.1, 0.15) is 0 Å². The lowest BCUT2D eigenvalue weighted by Gasteiger charge is -2.29. The molecule has 1 aromatic carbocycles. The molecule has 0 spiro atoms. The molecule has 1 aliphatic carbocycles. The lowest BCUT2D eigenvalue weighted by molar-refractivity contribution is 0.0943. The number of nitrogens with one attached hydrogen (secondary N) is 3. The quantitative estimate of drug-likeness (QED) is 0.598. The van der Waals surface area contributed by atoms with E-state index in [0.717, 1.165) is 23.7 Å². The molecular formula is C20H33N3OS. The molecule has 0 aromatic heterocycles. The highest BCUT2D eigenvalue weighted by molar-refractivity contribution is 7.98. The number of carbonyl (C=O) groups excluding carboxylic acids is 1. The minimum atomic E-state index is -0.00659. The van der Waals surface area contributed by atoms with Crippen LogP contribution < -0.4 is 15.4 Å². The van der Waals surface area contributed by atoms with Crippen molar-refractivity contribution in [3.05, 3.63) is 29.8 Å². The van der Waals surface area contributed by atoms with Gasteiger partial charge in [0.15, 0.2) is 0 Å². The van der Waals surface area contributed by atoms with Crippen LogP contribution in [-0.2, 0) is 0 Å². The lowest BCUT2D eigenvalue weighted by atomic mass is 9.86. The van der Waals surface area contributed by atoms with Crippen molar-refractivity contribution in [3.63, 3.8) is 0 Å². The summed E-state index contributed by atoms with van der Waals surface area (Å²) in [4.78, 5) is 12.1. The molecule has 0 radical (unpaired) electrons. The topological polar surface area (TPSA) is 53.2 Å². The SMILES string of the molecule is CC(C)NC(=O)c1cccc(NCC2CCC(NSC(C)C)CC2)c1. The summed E-state index contributed by atoms with van der Waals surface area (Å²) in [5.74, 6) is 0.711. The monoisotopic (exact) mass is 363 g/mol. The van der Waals surface area contributed by atoms with E-state index in [1.165, 1.54) is 25.7 Å². The third-order valence-corrected chi connectivity index (χ3v) is 5.40. The van der Waals surface area contributed by atoms with Crippen LogP contribution in [0.15, 0.2) is 24.3 Å². The molecule has 0 bridgehead atoms. The van der Waals surface area contributed by atoms with E-state index in [1.807, 2.05) is 50.1 Å². The number of amides is 1. The number of hydrogen-bond donors (Lipinski definition) is 3. The van der Waals surface area contributed by atoms with Crippen LogP contribution in [-0.4, -0.2) is 29.8 Å². The maximum absolute atomic E-state index is 12.1. The predicted molar refractivity (Wildman–Crippen MR) is 109 cm³/mol. The number of benzene rings is 1. The van der Waals surface area contributed by atoms with Gasteiger partial charge in [0.25, 0.3) is 5.91 Å². The molecule has 1 saturated carbocycles. The van der Waals surface area contributed by atoms with Crippen LogP contribution in [0.2, 0.25) is 0 Å². The van der Waals surface area contributed by atoms with Crippen molar-refractivity contribution in [1.29, 1.82) is 0 Å². The summed E-state index contributed by atoms with van der Waals surface area (Å²) in [5, 5.41) is 7.10. The fourth-order valence-corrected chi connectivity index (χ4v) is 3.80. The van der Waals surface area contributed by atoms with E-state index >= 15 is 0 Å². The minimum Gasteiger partial charge on any atom is -0.385 e. The molecular weight excluding hydrogens is 330 g/mol. The van der Waals surface area contributed by atoms with E-state index in [0.29, 0.717) is 11.3 Å². The lowest BCUT2D eigenvalue weighted by Crippen LogP contribution is -2.31. The fraction of sp³-hybridized carbons (Fsp3) is 0.650. The summed E-state index contributed by atoms with van der Waals surface area (Å²) in [7, 11) is 0. The minimum absolute atomic E-state index is 0.00659. The molecule has 0 saturated heterocycles. The standard InChI is InChI=1S/C20H33N3OS/c1-14(2)22-20(24)17-6-5-7-19(12-17)21-13-16-8-10-18(11-9-16)23-25-15(3)4/h5-7,12,14-16,18,21,23H,8-11,13H2,1-4H3,(H,22,24). The Hall–Kier alpha value is -1.20. The number of carbonyl (C=O) groups is 1. The second kappa shape index (κ2) is 10.1. The van der Waals surface area contributed by atoms with Crippen LogP contribution in [0.3, 0.4) is 0 Å². The Morgan fingerprint density at radius 1 is 1.16 bits per heavy atom. The Balaban J connectivity index is 1.76. The van der Waals surface area contributed by atoms with Crippen LogP contribution >= 0.6 is 11.9 Å². The molecule has 140 valence electrons. The zero-order valence-electron chi connectivity index (χ0n) is 16.0. The third kappa shape index (κ3) is 7.28. The highest BCUT2D eigenvalue weighted by atomic mass is 32.2. The van der Waals surface area contributed by atoms with Crippen LogP contribution in [0.25, 0.3) is 0 Å². The summed E-state index contributed by atoms with van der Waals surface area (Å²) in [6.45, 7) is 9.39. The molecule has 25 heavy (non-hydrogen) atoms. The molecule has 5 heteroatoms. The van der Waals surface area contributed by atoms with Gasteiger partial charge in [-0.05, 0) is 63.6 Å². The van der Waals surface area contributed by atoms with Crippen molar-refractivity contribution < 1.29 is 4.79 Å². The Morgan fingerprint density at radius 2 is 1.88 bits per heavy atom. The van der Waals surface area contributed by atoms with Gasteiger partial charge in [0.05, 0.1) is 0 Å². The van der Waals surface area contributed by atoms with Crippen LogP contribution in [0, 0.1) is 5.92 Å². The largest absolute Gasteiger partial charge is 0.385 e. The van der Waals surface area contributed by atoms with Gasteiger partial charge in [0, 0.05) is 35.1 Å². The number of anilines is 1. The molecule has 0 aliphatic heterocycles. The normalized spacial score (nSPS) is 20.7. The molecule has 0 atom stereocenters. The molecule has 1 aliphatic rings. The Bertz CT molecular complexity index is 539. The molecule has 1 amide bonds. The first kappa shape index (κ1) is 20.1. The van der Waals surface area contributed by atoms with Crippen molar-refractivity contribution >= 4 is 23.5 Å². The molecule has 0 unspecified atom stereocenters. The van der Waals surface area contributed by atoms with Crippen LogP contribution in [0.4, 0.5) is 5.69 Å². The van der Waals surface area contributed by atoms with Gasteiger partial charge >= 0.3 is 0 Å². The average Bonchev–Trinajstić information content (AvgIpc) is 2.58. The number of rotatable bonds is 8. The first-order valence-electron chi connectivity index (χ1n) is 9.50. The predicted octanol–water partition coefficient (Wildman–Crippen LogP) is 4.44. The molecule has 2 rings (SSSR count). The summed E-state index contributed by atoms with van der Waals surface area (Å²) >= 11 is 1.85. The van der Waals surface area contributed by atoms with E-state index in [9.17, 15) is 4.79 Å². The maximum atomic E-state index is 12.1. The van der Waals surface area contributed by atoms with E-state index in [2.05, 4.69) is 29.2 Å². The zero-order valence-corrected chi connectivity index (χ0v) is 16.8. The van der Waals surface area contributed by atoms with Crippen molar-refractivity contribution in [2.45, 2.75) is 70.7 Å². The zero-order chi connectivity index (χ0) is 18.2. The fourth-order valence-electron chi connectivity index (χ4n) is 3.09. The highest BCUT2D eigenvalue weighted by Gasteiger charge is 2.21. The summed E-state index contributed by atoms with van der Waals surface area (Å²) in [6, 6.07) is 8.62. The number of hydrogen-bond acceptors (Lipinski definition) is 4. The van der Waals surface area contributed by atoms with Gasteiger partial charge in [-0.2, -0.15) is 0 Å². The maximum Gasteiger partial charge on any atom is 0.251 e. The average molecular weight is 364 g/mol. The van der Waals surface area contributed by atoms with E-state index in [1.54, 1.807) is 0 Å². The van der Waals surface area contributed by atoms with Gasteiger partial charge in [-0.1, -0.05) is 31.9 Å². The van der Waals surface area contributed by atoms with E-state index in [4.69, 9.17) is 0 Å². The second-order valence-corrected chi connectivity index (χ2v) is 9.01. The molecule has 1 fully saturated rings. The Labute approximate surface area is 157 Å². The van der Waals surface area contributed by atoms with Gasteiger partial charge in [-0.25, -0.2) is 0 Å². The van der Waals surface area contributed by atoms with E-state index < -0.39 is 0 Å². The van der Waals surface area contributed by atoms with Crippen molar-refractivity contribution in [2.24, 2.45) is 5.92 Å². The first-order valence-corrected chi connectivity index (χ1v) is 10.4. The van der Waals surface area contributed by atoms with Gasteiger partial charge < -0.3 is 10.6 Å². The van der Waals surface area contributed by atoms with Crippen molar-refractivity contribution in [3.8, 4) is 0 Å². The van der Waals surface area contributed by atoms with Crippen molar-refractivity contribution in [2.75, 3.05) is 11.9 Å². The van der Waals surface area contributed by atoms with Gasteiger partial charge in [-0.3, -0.25) is 9.52 Å². The first-order chi connectivity index (χ1) is 11.9.